The van der Waals surface area contributed by atoms with Gasteiger partial charge in [0, 0.05) is 0 Å². The van der Waals surface area contributed by atoms with E-state index in [1.165, 1.54) is 21.7 Å². The standard InChI is InChI=1S/C23H27P/c1-19-13-11-12-18-22(19)23(2,3)24(4,20-14-7-5-8-15-20)21-16-9-6-10-17-21/h5-18,24H,1-4H3. The third kappa shape index (κ3) is 2.70. The maximum absolute atomic E-state index is 2.52. The average molecular weight is 334 g/mol. The first-order valence-corrected chi connectivity index (χ1v) is 11.1. The summed E-state index contributed by atoms with van der Waals surface area (Å²) in [6, 6.07) is 31.1. The monoisotopic (exact) mass is 334 g/mol. The SMILES string of the molecule is Cc1ccccc1C(C)(C)[PH](C)(c1ccccc1)c1ccccc1. The Morgan fingerprint density at radius 3 is 1.50 bits per heavy atom. The van der Waals surface area contributed by atoms with Gasteiger partial charge in [-0.05, 0) is 0 Å². The molecule has 3 aromatic rings. The molecule has 0 unspecified atom stereocenters. The molecule has 0 saturated heterocycles. The van der Waals surface area contributed by atoms with Gasteiger partial charge in [0.2, 0.25) is 0 Å². The van der Waals surface area contributed by atoms with Crippen LogP contribution in [-0.4, -0.2) is 6.66 Å². The molecule has 0 radical (unpaired) electrons. The van der Waals surface area contributed by atoms with Gasteiger partial charge in [-0.25, -0.2) is 0 Å². The van der Waals surface area contributed by atoms with E-state index in [0.717, 1.165) is 0 Å². The van der Waals surface area contributed by atoms with Crippen LogP contribution in [0.2, 0.25) is 0 Å². The molecule has 0 aliphatic heterocycles. The first kappa shape index (κ1) is 16.9. The molecular weight excluding hydrogens is 307 g/mol. The van der Waals surface area contributed by atoms with E-state index in [2.05, 4.69) is 112 Å². The first-order chi connectivity index (χ1) is 11.5. The van der Waals surface area contributed by atoms with Crippen LogP contribution in [0.15, 0.2) is 84.9 Å². The van der Waals surface area contributed by atoms with Crippen molar-refractivity contribution in [3.8, 4) is 0 Å². The Hall–Kier alpha value is -1.91. The fourth-order valence-electron chi connectivity index (χ4n) is 3.97. The Balaban J connectivity index is 2.28. The predicted molar refractivity (Wildman–Crippen MR) is 111 cm³/mol. The molecule has 0 saturated carbocycles. The van der Waals surface area contributed by atoms with Crippen molar-refractivity contribution in [2.24, 2.45) is 0 Å². The molecule has 0 heterocycles. The third-order valence-electron chi connectivity index (χ3n) is 5.77. The Morgan fingerprint density at radius 1 is 0.625 bits per heavy atom. The summed E-state index contributed by atoms with van der Waals surface area (Å²) in [5.74, 6) is 0. The maximum atomic E-state index is 2.52. The molecule has 1 heteroatoms. The summed E-state index contributed by atoms with van der Waals surface area (Å²) < 4.78 is 0. The van der Waals surface area contributed by atoms with E-state index in [4.69, 9.17) is 0 Å². The van der Waals surface area contributed by atoms with Gasteiger partial charge in [0.05, 0.1) is 0 Å². The normalized spacial score (nSPS) is 12.8. The van der Waals surface area contributed by atoms with Crippen LogP contribution in [0.5, 0.6) is 0 Å². The molecule has 0 amide bonds. The van der Waals surface area contributed by atoms with E-state index < -0.39 is 7.26 Å². The van der Waals surface area contributed by atoms with Gasteiger partial charge in [-0.1, -0.05) is 0 Å². The second kappa shape index (κ2) is 6.54. The molecule has 0 spiro atoms. The summed E-state index contributed by atoms with van der Waals surface area (Å²) in [4.78, 5) is 0. The Labute approximate surface area is 146 Å². The minimum atomic E-state index is -2.00. The van der Waals surface area contributed by atoms with Crippen molar-refractivity contribution < 1.29 is 0 Å². The van der Waals surface area contributed by atoms with Crippen LogP contribution in [0.3, 0.4) is 0 Å². The predicted octanol–water partition coefficient (Wildman–Crippen LogP) is 5.26. The van der Waals surface area contributed by atoms with Gasteiger partial charge in [-0.2, -0.15) is 0 Å². The van der Waals surface area contributed by atoms with E-state index in [0.29, 0.717) is 0 Å². The van der Waals surface area contributed by atoms with Gasteiger partial charge in [-0.15, -0.1) is 0 Å². The summed E-state index contributed by atoms with van der Waals surface area (Å²) in [6.07, 6.45) is 0. The second-order valence-electron chi connectivity index (χ2n) is 7.30. The number of benzene rings is 3. The van der Waals surface area contributed by atoms with E-state index in [1.54, 1.807) is 0 Å². The van der Waals surface area contributed by atoms with E-state index in [9.17, 15) is 0 Å². The molecule has 0 aliphatic rings. The van der Waals surface area contributed by atoms with Crippen molar-refractivity contribution in [3.63, 3.8) is 0 Å². The van der Waals surface area contributed by atoms with Gasteiger partial charge >= 0.3 is 147 Å². The van der Waals surface area contributed by atoms with Crippen LogP contribution in [-0.2, 0) is 5.16 Å². The molecular formula is C23H27P. The topological polar surface area (TPSA) is 0 Å². The van der Waals surface area contributed by atoms with Crippen molar-refractivity contribution in [1.29, 1.82) is 0 Å². The molecule has 0 nitrogen and oxygen atoms in total. The zero-order valence-corrected chi connectivity index (χ0v) is 16.1. The number of hydrogen-bond acceptors (Lipinski definition) is 0. The fourth-order valence-corrected chi connectivity index (χ4v) is 8.29. The van der Waals surface area contributed by atoms with Crippen LogP contribution in [0, 0.1) is 6.92 Å². The number of hydrogen-bond donors (Lipinski definition) is 0. The fraction of sp³-hybridized carbons (Fsp3) is 0.217. The van der Waals surface area contributed by atoms with E-state index in [-0.39, 0.29) is 5.16 Å². The molecule has 3 aromatic carbocycles. The van der Waals surface area contributed by atoms with Crippen LogP contribution < -0.4 is 10.6 Å². The van der Waals surface area contributed by atoms with Crippen molar-refractivity contribution in [1.82, 2.24) is 0 Å². The Morgan fingerprint density at radius 2 is 1.04 bits per heavy atom. The minimum absolute atomic E-state index is 0.0844. The molecule has 0 aromatic heterocycles. The first-order valence-electron chi connectivity index (χ1n) is 8.65. The Kier molecular flexibility index (Phi) is 4.61. The summed E-state index contributed by atoms with van der Waals surface area (Å²) >= 11 is 0. The zero-order chi connectivity index (χ0) is 17.2. The van der Waals surface area contributed by atoms with Crippen LogP contribution >= 0.6 is 7.26 Å². The van der Waals surface area contributed by atoms with Gasteiger partial charge in [0.25, 0.3) is 0 Å². The molecule has 0 N–H and O–H groups in total. The molecule has 0 atom stereocenters. The third-order valence-corrected chi connectivity index (χ3v) is 11.5. The van der Waals surface area contributed by atoms with Crippen LogP contribution in [0.1, 0.15) is 25.0 Å². The molecule has 0 fully saturated rings. The van der Waals surface area contributed by atoms with E-state index >= 15 is 0 Å². The van der Waals surface area contributed by atoms with E-state index in [1.807, 2.05) is 0 Å². The van der Waals surface area contributed by atoms with Crippen molar-refractivity contribution in [3.05, 3.63) is 96.1 Å². The van der Waals surface area contributed by atoms with Gasteiger partial charge in [0.1, 0.15) is 0 Å². The summed E-state index contributed by atoms with van der Waals surface area (Å²) in [5, 5.41) is 3.06. The van der Waals surface area contributed by atoms with Crippen molar-refractivity contribution >= 4 is 17.9 Å². The Bertz CT molecular complexity index is 764. The molecule has 0 aliphatic carbocycles. The molecule has 124 valence electrons. The molecule has 24 heavy (non-hydrogen) atoms. The zero-order valence-electron chi connectivity index (χ0n) is 15.1. The van der Waals surface area contributed by atoms with Crippen molar-refractivity contribution in [2.75, 3.05) is 6.66 Å². The summed E-state index contributed by atoms with van der Waals surface area (Å²) in [6.45, 7) is 9.62. The summed E-state index contributed by atoms with van der Waals surface area (Å²) in [5.41, 5.74) is 2.85. The van der Waals surface area contributed by atoms with Crippen molar-refractivity contribution in [2.45, 2.75) is 25.9 Å². The number of aryl methyl sites for hydroxylation is 1. The van der Waals surface area contributed by atoms with Crippen LogP contribution in [0.25, 0.3) is 0 Å². The quantitative estimate of drug-likeness (QED) is 0.571. The van der Waals surface area contributed by atoms with Gasteiger partial charge in [-0.3, -0.25) is 0 Å². The number of rotatable bonds is 4. The van der Waals surface area contributed by atoms with Gasteiger partial charge in [0.15, 0.2) is 0 Å². The van der Waals surface area contributed by atoms with Gasteiger partial charge < -0.3 is 0 Å². The summed E-state index contributed by atoms with van der Waals surface area (Å²) in [7, 11) is -2.00. The molecule has 3 rings (SSSR count). The van der Waals surface area contributed by atoms with Crippen LogP contribution in [0.4, 0.5) is 0 Å². The second-order valence-corrected chi connectivity index (χ2v) is 12.0. The molecule has 0 bridgehead atoms. The average Bonchev–Trinajstić information content (AvgIpc) is 2.62.